The Hall–Kier alpha value is -3.07. The van der Waals surface area contributed by atoms with Gasteiger partial charge < -0.3 is 43.4 Å². The van der Waals surface area contributed by atoms with Gasteiger partial charge in [-0.05, 0) is 19.8 Å². The molecule has 0 aliphatic rings. The van der Waals surface area contributed by atoms with E-state index in [0.717, 1.165) is 0 Å². The Morgan fingerprint density at radius 1 is 0.968 bits per heavy atom. The molecule has 0 radical (unpaired) electrons. The molecule has 0 aliphatic carbocycles. The van der Waals surface area contributed by atoms with Crippen LogP contribution in [0.15, 0.2) is 4.99 Å². The molecule has 15 heteroatoms. The van der Waals surface area contributed by atoms with Crippen LogP contribution in [0, 0.1) is 0 Å². The third-order valence-corrected chi connectivity index (χ3v) is 4.22. The second kappa shape index (κ2) is 14.0. The number of nitrogens with two attached hydrogens (primary N) is 3. The number of carbonyl (C=O) groups is 5. The van der Waals surface area contributed by atoms with Crippen LogP contribution in [-0.2, 0) is 24.0 Å². The molecule has 3 amide bonds. The van der Waals surface area contributed by atoms with E-state index in [4.69, 9.17) is 27.4 Å². The van der Waals surface area contributed by atoms with Gasteiger partial charge in [0.05, 0.1) is 12.5 Å². The molecule has 0 aliphatic heterocycles. The first kappa shape index (κ1) is 27.9. The summed E-state index contributed by atoms with van der Waals surface area (Å²) in [4.78, 5) is 62.3. The number of nitrogens with one attached hydrogen (secondary N) is 3. The summed E-state index contributed by atoms with van der Waals surface area (Å²) in [5.41, 5.74) is 15.9. The molecule has 0 saturated carbocycles. The topological polar surface area (TPSA) is 252 Å². The molecule has 14 nitrogen and oxygen atoms in total. The van der Waals surface area contributed by atoms with E-state index in [1.807, 2.05) is 0 Å². The minimum absolute atomic E-state index is 0.0620. The summed E-state index contributed by atoms with van der Waals surface area (Å²) < 4.78 is 0. The number of amides is 3. The zero-order chi connectivity index (χ0) is 24.1. The minimum atomic E-state index is -1.39. The van der Waals surface area contributed by atoms with Gasteiger partial charge in [0.1, 0.15) is 18.1 Å². The fourth-order valence-electron chi connectivity index (χ4n) is 2.17. The second-order valence-corrected chi connectivity index (χ2v) is 6.89. The summed E-state index contributed by atoms with van der Waals surface area (Å²) in [5, 5.41) is 24.6. The lowest BCUT2D eigenvalue weighted by Crippen LogP contribution is -2.57. The zero-order valence-corrected chi connectivity index (χ0v) is 17.8. The lowest BCUT2D eigenvalue weighted by molar-refractivity contribution is -0.141. The first-order chi connectivity index (χ1) is 14.4. The lowest BCUT2D eigenvalue weighted by Gasteiger charge is -2.23. The Kier molecular flexibility index (Phi) is 12.6. The number of aliphatic imine (C=N–C) groups is 1. The fraction of sp³-hybridized carbons (Fsp3) is 0.625. The number of aliphatic carboxylic acids is 2. The SMILES string of the molecule is CC(NC(=O)C(CCCN=C(N)N)NC(=O)C(CS)NC(=O)C(N)CC(=O)O)C(=O)O. The molecular formula is C16H29N7O7S. The number of guanidine groups is 1. The van der Waals surface area contributed by atoms with Gasteiger partial charge in [0, 0.05) is 12.3 Å². The van der Waals surface area contributed by atoms with E-state index in [2.05, 4.69) is 33.6 Å². The molecule has 0 bridgehead atoms. The molecule has 0 saturated heterocycles. The van der Waals surface area contributed by atoms with E-state index < -0.39 is 60.2 Å². The van der Waals surface area contributed by atoms with Crippen molar-refractivity contribution in [1.29, 1.82) is 0 Å². The summed E-state index contributed by atoms with van der Waals surface area (Å²) in [6, 6.07) is -4.97. The van der Waals surface area contributed by atoms with Gasteiger partial charge in [0.2, 0.25) is 17.7 Å². The highest BCUT2D eigenvalue weighted by Gasteiger charge is 2.29. The molecule has 0 aromatic heterocycles. The number of carboxylic acid groups (broad SMARTS) is 2. The summed E-state index contributed by atoms with van der Waals surface area (Å²) >= 11 is 3.98. The van der Waals surface area contributed by atoms with E-state index in [9.17, 15) is 24.0 Å². The van der Waals surface area contributed by atoms with Gasteiger partial charge in [-0.1, -0.05) is 0 Å². The first-order valence-electron chi connectivity index (χ1n) is 9.16. The maximum Gasteiger partial charge on any atom is 0.325 e. The number of carbonyl (C=O) groups excluding carboxylic acids is 3. The van der Waals surface area contributed by atoms with Crippen LogP contribution in [0.2, 0.25) is 0 Å². The Labute approximate surface area is 183 Å². The third kappa shape index (κ3) is 11.6. The van der Waals surface area contributed by atoms with Crippen LogP contribution in [-0.4, -0.2) is 82.3 Å². The van der Waals surface area contributed by atoms with E-state index in [1.54, 1.807) is 0 Å². The van der Waals surface area contributed by atoms with Gasteiger partial charge in [0.25, 0.3) is 0 Å². The summed E-state index contributed by atoms with van der Waals surface area (Å²) in [7, 11) is 0. The molecule has 0 fully saturated rings. The number of thiol groups is 1. The highest BCUT2D eigenvalue weighted by Crippen LogP contribution is 2.02. The summed E-state index contributed by atoms with van der Waals surface area (Å²) in [5.74, 6) is -5.34. The summed E-state index contributed by atoms with van der Waals surface area (Å²) in [6.45, 7) is 1.41. The van der Waals surface area contributed by atoms with Gasteiger partial charge in [-0.25, -0.2) is 0 Å². The number of nitrogens with zero attached hydrogens (tertiary/aromatic N) is 1. The maximum atomic E-state index is 12.5. The Balaban J connectivity index is 5.19. The predicted octanol–water partition coefficient (Wildman–Crippen LogP) is -3.67. The molecule has 31 heavy (non-hydrogen) atoms. The Bertz CT molecular complexity index is 700. The molecular weight excluding hydrogens is 434 g/mol. The zero-order valence-electron chi connectivity index (χ0n) is 16.9. The largest absolute Gasteiger partial charge is 0.481 e. The quantitative estimate of drug-likeness (QED) is 0.0528. The molecule has 0 spiro atoms. The van der Waals surface area contributed by atoms with E-state index in [-0.39, 0.29) is 31.1 Å². The number of hydrogen-bond acceptors (Lipinski definition) is 8. The molecule has 4 atom stereocenters. The number of rotatable bonds is 14. The molecule has 0 rings (SSSR count). The van der Waals surface area contributed by atoms with Crippen LogP contribution in [0.1, 0.15) is 26.2 Å². The van der Waals surface area contributed by atoms with Crippen LogP contribution in [0.5, 0.6) is 0 Å². The van der Waals surface area contributed by atoms with Crippen molar-refractivity contribution in [1.82, 2.24) is 16.0 Å². The molecule has 0 aromatic carbocycles. The second-order valence-electron chi connectivity index (χ2n) is 6.53. The maximum absolute atomic E-state index is 12.5. The van der Waals surface area contributed by atoms with Gasteiger partial charge in [-0.2, -0.15) is 12.6 Å². The monoisotopic (exact) mass is 463 g/mol. The molecule has 176 valence electrons. The van der Waals surface area contributed by atoms with Crippen molar-refractivity contribution in [2.45, 2.75) is 50.4 Å². The average molecular weight is 464 g/mol. The smallest absolute Gasteiger partial charge is 0.325 e. The van der Waals surface area contributed by atoms with Crippen molar-refractivity contribution in [3.05, 3.63) is 0 Å². The minimum Gasteiger partial charge on any atom is -0.481 e. The van der Waals surface area contributed by atoms with Crippen LogP contribution in [0.25, 0.3) is 0 Å². The van der Waals surface area contributed by atoms with Crippen molar-refractivity contribution in [2.24, 2.45) is 22.2 Å². The highest BCUT2D eigenvalue weighted by molar-refractivity contribution is 7.80. The van der Waals surface area contributed by atoms with Crippen molar-refractivity contribution < 1.29 is 34.2 Å². The Morgan fingerprint density at radius 2 is 1.52 bits per heavy atom. The lowest BCUT2D eigenvalue weighted by atomic mass is 10.1. The van der Waals surface area contributed by atoms with Crippen LogP contribution in [0.3, 0.4) is 0 Å². The van der Waals surface area contributed by atoms with E-state index >= 15 is 0 Å². The van der Waals surface area contributed by atoms with E-state index in [0.29, 0.717) is 0 Å². The van der Waals surface area contributed by atoms with Crippen molar-refractivity contribution in [3.63, 3.8) is 0 Å². The number of hydrogen-bond donors (Lipinski definition) is 9. The molecule has 0 aromatic rings. The van der Waals surface area contributed by atoms with Gasteiger partial charge >= 0.3 is 11.9 Å². The molecule has 0 heterocycles. The summed E-state index contributed by atoms with van der Waals surface area (Å²) in [6.07, 6.45) is -0.304. The van der Waals surface area contributed by atoms with Crippen molar-refractivity contribution in [2.75, 3.05) is 12.3 Å². The molecule has 11 N–H and O–H groups in total. The normalized spacial score (nSPS) is 14.3. The van der Waals surface area contributed by atoms with Crippen LogP contribution < -0.4 is 33.2 Å². The van der Waals surface area contributed by atoms with Gasteiger partial charge in [-0.15, -0.1) is 0 Å². The van der Waals surface area contributed by atoms with Gasteiger partial charge in [0.15, 0.2) is 5.96 Å². The highest BCUT2D eigenvalue weighted by atomic mass is 32.1. The standard InChI is InChI=1S/C16H29N7O7S/c1-7(15(29)30)21-13(27)9(3-2-4-20-16(18)19)22-14(28)10(6-31)23-12(26)8(17)5-11(24)25/h7-10,31H,2-6,17H2,1H3,(H,21,27)(H,22,28)(H,23,26)(H,24,25)(H,29,30)(H4,18,19,20). The predicted molar refractivity (Wildman–Crippen MR) is 113 cm³/mol. The van der Waals surface area contributed by atoms with Crippen molar-refractivity contribution in [3.8, 4) is 0 Å². The molecule has 4 unspecified atom stereocenters. The first-order valence-corrected chi connectivity index (χ1v) is 9.79. The van der Waals surface area contributed by atoms with Crippen LogP contribution >= 0.6 is 12.6 Å². The fourth-order valence-corrected chi connectivity index (χ4v) is 2.43. The third-order valence-electron chi connectivity index (χ3n) is 3.85. The van der Waals surface area contributed by atoms with Crippen LogP contribution in [0.4, 0.5) is 0 Å². The van der Waals surface area contributed by atoms with E-state index in [1.165, 1.54) is 6.92 Å². The van der Waals surface area contributed by atoms with Crippen molar-refractivity contribution >= 4 is 48.2 Å². The Morgan fingerprint density at radius 3 is 2.00 bits per heavy atom. The average Bonchev–Trinajstić information content (AvgIpc) is 2.66. The van der Waals surface area contributed by atoms with Gasteiger partial charge in [-0.3, -0.25) is 29.0 Å². The number of carboxylic acids is 2.